The summed E-state index contributed by atoms with van der Waals surface area (Å²) in [6.45, 7) is 3.43. The average molecular weight is 341 g/mol. The zero-order valence-corrected chi connectivity index (χ0v) is 14.1. The number of benzene rings is 1. The summed E-state index contributed by atoms with van der Waals surface area (Å²) in [5, 5.41) is 0. The van der Waals surface area contributed by atoms with Crippen molar-refractivity contribution in [2.45, 2.75) is 24.2 Å². The lowest BCUT2D eigenvalue weighted by Gasteiger charge is -2.14. The molecule has 128 valence electrons. The van der Waals surface area contributed by atoms with Gasteiger partial charge >= 0.3 is 0 Å². The Labute approximate surface area is 136 Å². The summed E-state index contributed by atoms with van der Waals surface area (Å²) in [6, 6.07) is 4.07. The van der Waals surface area contributed by atoms with Crippen molar-refractivity contribution in [2.75, 3.05) is 33.3 Å². The summed E-state index contributed by atoms with van der Waals surface area (Å²) in [7, 11) is -2.27. The van der Waals surface area contributed by atoms with Gasteiger partial charge in [0.15, 0.2) is 0 Å². The minimum Gasteiger partial charge on any atom is -0.496 e. The number of nitrogens with zero attached hydrogens (tertiary/aromatic N) is 1. The highest BCUT2D eigenvalue weighted by atomic mass is 32.2. The third kappa shape index (κ3) is 4.66. The van der Waals surface area contributed by atoms with Crippen molar-refractivity contribution in [3.8, 4) is 5.75 Å². The number of primary amides is 1. The quantitative estimate of drug-likeness (QED) is 0.673. The van der Waals surface area contributed by atoms with Gasteiger partial charge in [-0.25, -0.2) is 13.1 Å². The van der Waals surface area contributed by atoms with E-state index in [1.54, 1.807) is 0 Å². The topological polar surface area (TPSA) is 102 Å². The lowest BCUT2D eigenvalue weighted by molar-refractivity contribution is 0.0997. The van der Waals surface area contributed by atoms with Gasteiger partial charge < -0.3 is 15.4 Å². The van der Waals surface area contributed by atoms with Gasteiger partial charge in [0.2, 0.25) is 10.0 Å². The number of carbonyl (C=O) groups is 1. The van der Waals surface area contributed by atoms with Crippen LogP contribution in [-0.4, -0.2) is 52.5 Å². The highest BCUT2D eigenvalue weighted by Gasteiger charge is 2.18. The fraction of sp³-hybridized carbons (Fsp3) is 0.533. The van der Waals surface area contributed by atoms with Crippen molar-refractivity contribution in [1.29, 1.82) is 0 Å². The number of likely N-dealkylation sites (tertiary alicyclic amines) is 1. The average Bonchev–Trinajstić information content (AvgIpc) is 3.04. The Balaban J connectivity index is 1.98. The van der Waals surface area contributed by atoms with Crippen LogP contribution in [0.1, 0.15) is 29.6 Å². The summed E-state index contributed by atoms with van der Waals surface area (Å²) < 4.78 is 32.1. The molecule has 0 spiro atoms. The van der Waals surface area contributed by atoms with Crippen molar-refractivity contribution < 1.29 is 17.9 Å². The Kier molecular flexibility index (Phi) is 5.97. The Hall–Kier alpha value is -1.64. The van der Waals surface area contributed by atoms with Gasteiger partial charge in [0.1, 0.15) is 5.75 Å². The van der Waals surface area contributed by atoms with Crippen molar-refractivity contribution in [1.82, 2.24) is 9.62 Å². The normalized spacial score (nSPS) is 15.7. The predicted molar refractivity (Wildman–Crippen MR) is 87.0 cm³/mol. The summed E-state index contributed by atoms with van der Waals surface area (Å²) >= 11 is 0. The van der Waals surface area contributed by atoms with Gasteiger partial charge in [0, 0.05) is 6.54 Å². The molecular weight excluding hydrogens is 318 g/mol. The Bertz CT molecular complexity index is 655. The van der Waals surface area contributed by atoms with E-state index in [1.165, 1.54) is 38.2 Å². The van der Waals surface area contributed by atoms with E-state index in [-0.39, 0.29) is 16.2 Å². The maximum absolute atomic E-state index is 12.3. The molecule has 1 aliphatic rings. The van der Waals surface area contributed by atoms with E-state index in [4.69, 9.17) is 10.5 Å². The molecule has 1 aliphatic heterocycles. The van der Waals surface area contributed by atoms with Crippen molar-refractivity contribution >= 4 is 15.9 Å². The number of ether oxygens (including phenoxy) is 1. The number of methoxy groups -OCH3 is 1. The molecule has 0 radical (unpaired) electrons. The first kappa shape index (κ1) is 17.7. The molecule has 0 aromatic heterocycles. The summed E-state index contributed by atoms with van der Waals surface area (Å²) in [4.78, 5) is 13.7. The molecule has 1 aromatic rings. The van der Waals surface area contributed by atoms with Crippen LogP contribution in [0.25, 0.3) is 0 Å². The van der Waals surface area contributed by atoms with Gasteiger partial charge in [-0.15, -0.1) is 0 Å². The number of hydrogen-bond donors (Lipinski definition) is 2. The zero-order valence-electron chi connectivity index (χ0n) is 13.2. The van der Waals surface area contributed by atoms with Crippen LogP contribution < -0.4 is 15.2 Å². The molecule has 0 aliphatic carbocycles. The molecule has 23 heavy (non-hydrogen) atoms. The summed E-state index contributed by atoms with van der Waals surface area (Å²) in [5.74, 6) is -0.474. The van der Waals surface area contributed by atoms with Gasteiger partial charge in [-0.1, -0.05) is 0 Å². The number of nitrogens with one attached hydrogen (secondary N) is 1. The Morgan fingerprint density at radius 3 is 2.65 bits per heavy atom. The molecule has 1 saturated heterocycles. The molecule has 1 heterocycles. The van der Waals surface area contributed by atoms with E-state index in [2.05, 4.69) is 9.62 Å². The molecule has 0 saturated carbocycles. The van der Waals surface area contributed by atoms with Crippen molar-refractivity contribution in [2.24, 2.45) is 5.73 Å². The van der Waals surface area contributed by atoms with E-state index < -0.39 is 15.9 Å². The molecule has 2 rings (SSSR count). The zero-order chi connectivity index (χ0) is 16.9. The highest BCUT2D eigenvalue weighted by molar-refractivity contribution is 7.89. The number of rotatable bonds is 8. The van der Waals surface area contributed by atoms with Crippen LogP contribution in [0.4, 0.5) is 0 Å². The first-order chi connectivity index (χ1) is 10.9. The molecule has 0 atom stereocenters. The fourth-order valence-electron chi connectivity index (χ4n) is 2.65. The maximum atomic E-state index is 12.3. The van der Waals surface area contributed by atoms with E-state index in [1.807, 2.05) is 0 Å². The molecule has 1 aromatic carbocycles. The number of sulfonamides is 1. The standard InChI is InChI=1S/C15H23N3O4S/c1-22-14-6-5-12(11-13(14)15(16)19)23(20,21)17-7-4-10-18-8-2-3-9-18/h5-6,11,17H,2-4,7-10H2,1H3,(H2,16,19). The maximum Gasteiger partial charge on any atom is 0.252 e. The van der Waals surface area contributed by atoms with E-state index in [9.17, 15) is 13.2 Å². The molecule has 7 nitrogen and oxygen atoms in total. The fourth-order valence-corrected chi connectivity index (χ4v) is 3.75. The van der Waals surface area contributed by atoms with Crippen molar-refractivity contribution in [3.05, 3.63) is 23.8 Å². The monoisotopic (exact) mass is 341 g/mol. The second-order valence-electron chi connectivity index (χ2n) is 5.53. The second kappa shape index (κ2) is 7.76. The van der Waals surface area contributed by atoms with Crippen LogP contribution in [0.3, 0.4) is 0 Å². The Morgan fingerprint density at radius 2 is 2.04 bits per heavy atom. The minimum atomic E-state index is -3.67. The lowest BCUT2D eigenvalue weighted by Crippen LogP contribution is -2.29. The molecule has 0 unspecified atom stereocenters. The lowest BCUT2D eigenvalue weighted by atomic mass is 10.2. The van der Waals surface area contributed by atoms with Crippen LogP contribution in [0.15, 0.2) is 23.1 Å². The van der Waals surface area contributed by atoms with Crippen LogP contribution in [0.2, 0.25) is 0 Å². The molecular formula is C15H23N3O4S. The number of amides is 1. The van der Waals surface area contributed by atoms with Crippen molar-refractivity contribution in [3.63, 3.8) is 0 Å². The van der Waals surface area contributed by atoms with Crippen LogP contribution in [0.5, 0.6) is 5.75 Å². The molecule has 1 fully saturated rings. The number of carbonyl (C=O) groups excluding carboxylic acids is 1. The molecule has 1 amide bonds. The largest absolute Gasteiger partial charge is 0.496 e. The third-order valence-corrected chi connectivity index (χ3v) is 5.35. The molecule has 8 heteroatoms. The van der Waals surface area contributed by atoms with Crippen LogP contribution in [0, 0.1) is 0 Å². The van der Waals surface area contributed by atoms with Crippen LogP contribution in [-0.2, 0) is 10.0 Å². The SMILES string of the molecule is COc1ccc(S(=O)(=O)NCCCN2CCCC2)cc1C(N)=O. The van der Waals surface area contributed by atoms with Gasteiger partial charge in [-0.05, 0) is 57.1 Å². The first-order valence-corrected chi connectivity index (χ1v) is 9.12. The minimum absolute atomic E-state index is 0.00766. The predicted octanol–water partition coefficient (Wildman–Crippen LogP) is 0.558. The molecule has 0 bridgehead atoms. The first-order valence-electron chi connectivity index (χ1n) is 7.64. The number of hydrogen-bond acceptors (Lipinski definition) is 5. The van der Waals surface area contributed by atoms with E-state index in [0.29, 0.717) is 6.54 Å². The van der Waals surface area contributed by atoms with Crippen LogP contribution >= 0.6 is 0 Å². The smallest absolute Gasteiger partial charge is 0.252 e. The number of nitrogens with two attached hydrogens (primary N) is 1. The molecule has 3 N–H and O–H groups in total. The van der Waals surface area contributed by atoms with Gasteiger partial charge in [0.05, 0.1) is 17.6 Å². The van der Waals surface area contributed by atoms with Gasteiger partial charge in [-0.2, -0.15) is 0 Å². The second-order valence-corrected chi connectivity index (χ2v) is 7.29. The summed E-state index contributed by atoms with van der Waals surface area (Å²) in [6.07, 6.45) is 3.18. The third-order valence-electron chi connectivity index (χ3n) is 3.89. The van der Waals surface area contributed by atoms with E-state index in [0.717, 1.165) is 26.1 Å². The van der Waals surface area contributed by atoms with E-state index >= 15 is 0 Å². The highest BCUT2D eigenvalue weighted by Crippen LogP contribution is 2.22. The Morgan fingerprint density at radius 1 is 1.35 bits per heavy atom. The summed E-state index contributed by atoms with van der Waals surface area (Å²) in [5.41, 5.74) is 5.30. The van der Waals surface area contributed by atoms with Gasteiger partial charge in [-0.3, -0.25) is 4.79 Å². The van der Waals surface area contributed by atoms with Gasteiger partial charge in [0.25, 0.3) is 5.91 Å².